The van der Waals surface area contributed by atoms with Crippen molar-refractivity contribution in [1.29, 1.82) is 0 Å². The number of rotatable bonds is 6. The summed E-state index contributed by atoms with van der Waals surface area (Å²) in [5.74, 6) is -2.00. The van der Waals surface area contributed by atoms with Crippen molar-refractivity contribution < 1.29 is 29.2 Å². The number of hydrazine groups is 1. The number of nitrogens with zero attached hydrogens (tertiary/aromatic N) is 3. The Hall–Kier alpha value is -2.06. The molecule has 9 heteroatoms. The van der Waals surface area contributed by atoms with Crippen LogP contribution in [-0.2, 0) is 19.2 Å². The predicted molar refractivity (Wildman–Crippen MR) is 64.9 cm³/mol. The molecule has 0 spiro atoms. The molecule has 1 aliphatic heterocycles. The molecule has 0 aromatic carbocycles. The van der Waals surface area contributed by atoms with Crippen LogP contribution in [0, 0.1) is 17.0 Å². The van der Waals surface area contributed by atoms with Gasteiger partial charge >= 0.3 is 11.9 Å². The van der Waals surface area contributed by atoms with Gasteiger partial charge in [0.15, 0.2) is 0 Å². The van der Waals surface area contributed by atoms with Gasteiger partial charge < -0.3 is 19.9 Å². The van der Waals surface area contributed by atoms with E-state index in [-0.39, 0.29) is 10.9 Å². The summed E-state index contributed by atoms with van der Waals surface area (Å²) in [7, 11) is 0. The lowest BCUT2D eigenvalue weighted by molar-refractivity contribution is -0.713. The average molecular weight is 289 g/mol. The van der Waals surface area contributed by atoms with E-state index >= 15 is 0 Å². The molecule has 0 aromatic heterocycles. The summed E-state index contributed by atoms with van der Waals surface area (Å²) in [6, 6.07) is 0. The van der Waals surface area contributed by atoms with Gasteiger partial charge in [-0.2, -0.15) is 0 Å². The summed E-state index contributed by atoms with van der Waals surface area (Å²) in [6.07, 6.45) is 0.762. The zero-order valence-electron chi connectivity index (χ0n) is 11.5. The van der Waals surface area contributed by atoms with Crippen LogP contribution in [0.3, 0.4) is 0 Å². The van der Waals surface area contributed by atoms with Crippen LogP contribution in [0.25, 0.3) is 0 Å². The van der Waals surface area contributed by atoms with Crippen LogP contribution in [0.5, 0.6) is 0 Å². The lowest BCUT2D eigenvalue weighted by Gasteiger charge is -2.25. The molecule has 1 heterocycles. The summed E-state index contributed by atoms with van der Waals surface area (Å²) in [5, 5.41) is 24.9. The number of piperidine rings is 1. The number of hydrogen-bond acceptors (Lipinski definition) is 6. The molecule has 114 valence electrons. The van der Waals surface area contributed by atoms with E-state index in [0.717, 1.165) is 0 Å². The average Bonchev–Trinajstić information content (AvgIpc) is 2.43. The highest BCUT2D eigenvalue weighted by molar-refractivity contribution is 5.71. The molecule has 1 fully saturated rings. The first-order valence-electron chi connectivity index (χ1n) is 6.36. The van der Waals surface area contributed by atoms with E-state index in [0.29, 0.717) is 25.9 Å². The zero-order chi connectivity index (χ0) is 15.1. The van der Waals surface area contributed by atoms with Crippen molar-refractivity contribution in [3.05, 3.63) is 5.21 Å². The van der Waals surface area contributed by atoms with Crippen LogP contribution in [0.4, 0.5) is 0 Å². The Balaban J connectivity index is 2.28. The topological polar surface area (TPSA) is 114 Å². The number of esters is 1. The Morgan fingerprint density at radius 1 is 1.45 bits per heavy atom. The SMILES string of the molecule is CC(C)C(=O)OCO/N=[N+](\[O-])N1CCC(C(=O)O)CC1. The maximum absolute atomic E-state index is 11.5. The maximum Gasteiger partial charge on any atom is 0.311 e. The van der Waals surface area contributed by atoms with E-state index in [1.165, 1.54) is 5.01 Å². The minimum atomic E-state index is -0.851. The molecule has 1 rings (SSSR count). The molecular weight excluding hydrogens is 270 g/mol. The third kappa shape index (κ3) is 4.90. The van der Waals surface area contributed by atoms with Gasteiger partial charge in [-0.1, -0.05) is 13.8 Å². The number of carbonyl (C=O) groups excluding carboxylic acids is 1. The zero-order valence-corrected chi connectivity index (χ0v) is 11.5. The van der Waals surface area contributed by atoms with Gasteiger partial charge in [-0.25, -0.2) is 0 Å². The van der Waals surface area contributed by atoms with Crippen molar-refractivity contribution in [2.75, 3.05) is 19.9 Å². The smallest absolute Gasteiger partial charge is 0.311 e. The third-order valence-corrected chi connectivity index (χ3v) is 2.92. The summed E-state index contributed by atoms with van der Waals surface area (Å²) in [6.45, 7) is 3.50. The lowest BCUT2D eigenvalue weighted by Crippen LogP contribution is -2.40. The normalized spacial score (nSPS) is 17.1. The second kappa shape index (κ2) is 7.51. The molecular formula is C11H19N3O6. The largest absolute Gasteiger partial charge is 0.569 e. The van der Waals surface area contributed by atoms with E-state index in [2.05, 4.69) is 14.9 Å². The van der Waals surface area contributed by atoms with Gasteiger partial charge in [-0.3, -0.25) is 9.59 Å². The fourth-order valence-corrected chi connectivity index (χ4v) is 1.66. The molecule has 0 atom stereocenters. The van der Waals surface area contributed by atoms with Crippen molar-refractivity contribution in [3.8, 4) is 0 Å². The lowest BCUT2D eigenvalue weighted by atomic mass is 9.98. The van der Waals surface area contributed by atoms with Crippen LogP contribution in [-0.4, -0.2) is 46.9 Å². The fraction of sp³-hybridized carbons (Fsp3) is 0.818. The minimum Gasteiger partial charge on any atom is -0.569 e. The third-order valence-electron chi connectivity index (χ3n) is 2.92. The summed E-state index contributed by atoms with van der Waals surface area (Å²) in [5.41, 5.74) is 0. The second-order valence-corrected chi connectivity index (χ2v) is 4.77. The van der Waals surface area contributed by atoms with E-state index in [4.69, 9.17) is 5.11 Å². The van der Waals surface area contributed by atoms with E-state index < -0.39 is 24.6 Å². The summed E-state index contributed by atoms with van der Waals surface area (Å²) < 4.78 is 4.67. The van der Waals surface area contributed by atoms with Crippen LogP contribution in [0.15, 0.2) is 5.28 Å². The highest BCUT2D eigenvalue weighted by atomic mass is 16.8. The molecule has 0 aromatic rings. The van der Waals surface area contributed by atoms with Gasteiger partial charge in [0, 0.05) is 0 Å². The number of ether oxygens (including phenoxy) is 1. The van der Waals surface area contributed by atoms with Gasteiger partial charge in [0.2, 0.25) is 5.28 Å². The molecule has 0 unspecified atom stereocenters. The molecule has 9 nitrogen and oxygen atoms in total. The number of hydrogen-bond donors (Lipinski definition) is 1. The second-order valence-electron chi connectivity index (χ2n) is 4.77. The van der Waals surface area contributed by atoms with Gasteiger partial charge in [0.05, 0.1) is 29.9 Å². The molecule has 0 saturated carbocycles. The Morgan fingerprint density at radius 2 is 2.05 bits per heavy atom. The monoisotopic (exact) mass is 289 g/mol. The molecule has 1 N–H and O–H groups in total. The molecule has 1 aliphatic rings. The molecule has 0 aliphatic carbocycles. The Kier molecular flexibility index (Phi) is 6.01. The van der Waals surface area contributed by atoms with Gasteiger partial charge in [0.25, 0.3) is 6.79 Å². The van der Waals surface area contributed by atoms with Crippen molar-refractivity contribution in [3.63, 3.8) is 0 Å². The minimum absolute atomic E-state index is 0.251. The van der Waals surface area contributed by atoms with E-state index in [9.17, 15) is 14.8 Å². The standard InChI is InChI=1S/C11H19N3O6/c1-8(2)11(17)19-7-20-12-14(18)13-5-3-9(4-6-13)10(15)16/h8-9H,3-7H2,1-2H3,(H,15,16)/b14-12-. The van der Waals surface area contributed by atoms with Crippen molar-refractivity contribution in [2.45, 2.75) is 26.7 Å². The highest BCUT2D eigenvalue weighted by Gasteiger charge is 2.28. The summed E-state index contributed by atoms with van der Waals surface area (Å²) in [4.78, 5) is 26.7. The van der Waals surface area contributed by atoms with Crippen LogP contribution in [0.2, 0.25) is 0 Å². The van der Waals surface area contributed by atoms with Crippen molar-refractivity contribution in [1.82, 2.24) is 5.01 Å². The quantitative estimate of drug-likeness (QED) is 0.191. The van der Waals surface area contributed by atoms with Gasteiger partial charge in [-0.15, -0.1) is 5.01 Å². The van der Waals surface area contributed by atoms with Gasteiger partial charge in [0.1, 0.15) is 0 Å². The van der Waals surface area contributed by atoms with E-state index in [1.807, 2.05) is 0 Å². The van der Waals surface area contributed by atoms with Crippen LogP contribution >= 0.6 is 0 Å². The Labute approximate surface area is 116 Å². The van der Waals surface area contributed by atoms with Crippen LogP contribution < -0.4 is 0 Å². The van der Waals surface area contributed by atoms with Crippen LogP contribution in [0.1, 0.15) is 26.7 Å². The number of carboxylic acids is 1. The molecule has 0 amide bonds. The first-order chi connectivity index (χ1) is 9.41. The number of aliphatic carboxylic acids is 1. The molecule has 1 saturated heterocycles. The Bertz CT molecular complexity index is 376. The fourth-order valence-electron chi connectivity index (χ4n) is 1.66. The molecule has 0 bridgehead atoms. The van der Waals surface area contributed by atoms with Gasteiger partial charge in [-0.05, 0) is 12.8 Å². The predicted octanol–water partition coefficient (Wildman–Crippen LogP) is 0.749. The number of carbonyl (C=O) groups is 2. The molecule has 0 radical (unpaired) electrons. The maximum atomic E-state index is 11.5. The first kappa shape index (κ1) is 16.0. The van der Waals surface area contributed by atoms with Crippen molar-refractivity contribution in [2.24, 2.45) is 17.1 Å². The molecule has 20 heavy (non-hydrogen) atoms. The first-order valence-corrected chi connectivity index (χ1v) is 6.36. The number of carboxylic acid groups (broad SMARTS) is 1. The van der Waals surface area contributed by atoms with Crippen molar-refractivity contribution >= 4 is 11.9 Å². The Morgan fingerprint density at radius 3 is 2.55 bits per heavy atom. The summed E-state index contributed by atoms with van der Waals surface area (Å²) >= 11 is 0. The highest BCUT2D eigenvalue weighted by Crippen LogP contribution is 2.17. The van der Waals surface area contributed by atoms with E-state index in [1.54, 1.807) is 13.8 Å².